The zero-order chi connectivity index (χ0) is 22.2. The molecule has 0 radical (unpaired) electrons. The molecule has 0 saturated heterocycles. The van der Waals surface area contributed by atoms with Gasteiger partial charge in [-0.2, -0.15) is 0 Å². The van der Waals surface area contributed by atoms with Crippen molar-refractivity contribution in [3.8, 4) is 11.5 Å². The zero-order valence-corrected chi connectivity index (χ0v) is 17.7. The molecule has 0 bridgehead atoms. The van der Waals surface area contributed by atoms with Crippen molar-refractivity contribution >= 4 is 40.9 Å². The predicted octanol–water partition coefficient (Wildman–Crippen LogP) is 3.60. The summed E-state index contributed by atoms with van der Waals surface area (Å²) in [6.45, 7) is 3.47. The SMILES string of the molecule is CCOC(=O)c1ccc(NC(=O)CSc2nnc(-c3ccc(NC(C)=O)cc3)o2)cc1. The third-order valence-electron chi connectivity index (χ3n) is 3.87. The van der Waals surface area contributed by atoms with E-state index in [1.807, 2.05) is 0 Å². The van der Waals surface area contributed by atoms with Crippen LogP contribution in [-0.2, 0) is 14.3 Å². The van der Waals surface area contributed by atoms with Gasteiger partial charge in [0.25, 0.3) is 5.22 Å². The van der Waals surface area contributed by atoms with E-state index in [4.69, 9.17) is 9.15 Å². The number of anilines is 2. The van der Waals surface area contributed by atoms with Gasteiger partial charge in [0.2, 0.25) is 17.7 Å². The third kappa shape index (κ3) is 6.41. The van der Waals surface area contributed by atoms with Gasteiger partial charge < -0.3 is 19.8 Å². The van der Waals surface area contributed by atoms with Crippen LogP contribution in [0.15, 0.2) is 58.2 Å². The van der Waals surface area contributed by atoms with Crippen molar-refractivity contribution in [2.45, 2.75) is 19.1 Å². The molecule has 2 aromatic carbocycles. The Morgan fingerprint density at radius 3 is 2.26 bits per heavy atom. The molecule has 160 valence electrons. The Balaban J connectivity index is 1.51. The first-order valence-electron chi connectivity index (χ1n) is 9.36. The van der Waals surface area contributed by atoms with Gasteiger partial charge in [-0.1, -0.05) is 11.8 Å². The second-order valence-electron chi connectivity index (χ2n) is 6.27. The highest BCUT2D eigenvalue weighted by molar-refractivity contribution is 7.99. The Bertz CT molecular complexity index is 1060. The summed E-state index contributed by atoms with van der Waals surface area (Å²) in [5, 5.41) is 13.6. The molecule has 1 aromatic heterocycles. The second-order valence-corrected chi connectivity index (χ2v) is 7.19. The van der Waals surface area contributed by atoms with Crippen LogP contribution in [0.4, 0.5) is 11.4 Å². The number of nitrogens with zero attached hydrogens (tertiary/aromatic N) is 2. The number of ether oxygens (including phenoxy) is 1. The van der Waals surface area contributed by atoms with Gasteiger partial charge >= 0.3 is 5.97 Å². The van der Waals surface area contributed by atoms with Crippen molar-refractivity contribution < 1.29 is 23.5 Å². The molecule has 0 aliphatic carbocycles. The summed E-state index contributed by atoms with van der Waals surface area (Å²) in [7, 11) is 0. The first-order chi connectivity index (χ1) is 14.9. The number of hydrogen-bond acceptors (Lipinski definition) is 8. The van der Waals surface area contributed by atoms with E-state index in [2.05, 4.69) is 20.8 Å². The minimum atomic E-state index is -0.409. The van der Waals surface area contributed by atoms with Crippen LogP contribution in [0.3, 0.4) is 0 Å². The maximum Gasteiger partial charge on any atom is 0.338 e. The number of carbonyl (C=O) groups is 3. The van der Waals surface area contributed by atoms with E-state index < -0.39 is 5.97 Å². The van der Waals surface area contributed by atoms with Gasteiger partial charge in [-0.25, -0.2) is 4.79 Å². The van der Waals surface area contributed by atoms with Crippen molar-refractivity contribution in [2.75, 3.05) is 23.0 Å². The van der Waals surface area contributed by atoms with Gasteiger partial charge in [0.1, 0.15) is 0 Å². The monoisotopic (exact) mass is 440 g/mol. The van der Waals surface area contributed by atoms with Crippen molar-refractivity contribution in [2.24, 2.45) is 0 Å². The minimum Gasteiger partial charge on any atom is -0.462 e. The van der Waals surface area contributed by atoms with Gasteiger partial charge in [0.05, 0.1) is 17.9 Å². The van der Waals surface area contributed by atoms with E-state index >= 15 is 0 Å². The molecule has 0 unspecified atom stereocenters. The highest BCUT2D eigenvalue weighted by Crippen LogP contribution is 2.24. The number of carbonyl (C=O) groups excluding carboxylic acids is 3. The van der Waals surface area contributed by atoms with Gasteiger partial charge in [0, 0.05) is 23.9 Å². The Hall–Kier alpha value is -3.66. The molecule has 0 aliphatic rings. The molecule has 3 aromatic rings. The fourth-order valence-electron chi connectivity index (χ4n) is 2.51. The third-order valence-corrected chi connectivity index (χ3v) is 4.68. The smallest absolute Gasteiger partial charge is 0.338 e. The van der Waals surface area contributed by atoms with Crippen LogP contribution in [0.2, 0.25) is 0 Å². The van der Waals surface area contributed by atoms with Gasteiger partial charge in [-0.15, -0.1) is 10.2 Å². The van der Waals surface area contributed by atoms with E-state index in [0.29, 0.717) is 35.0 Å². The number of benzene rings is 2. The van der Waals surface area contributed by atoms with Crippen LogP contribution >= 0.6 is 11.8 Å². The van der Waals surface area contributed by atoms with Crippen LogP contribution in [0.1, 0.15) is 24.2 Å². The Labute approximate surface area is 182 Å². The molecule has 0 fully saturated rings. The standard InChI is InChI=1S/C21H20N4O5S/c1-3-29-20(28)15-6-10-17(11-7-15)23-18(27)12-31-21-25-24-19(30-21)14-4-8-16(9-5-14)22-13(2)26/h4-11H,3,12H2,1-2H3,(H,22,26)(H,23,27). The van der Waals surface area contributed by atoms with Crippen molar-refractivity contribution in [3.63, 3.8) is 0 Å². The first-order valence-corrected chi connectivity index (χ1v) is 10.3. The largest absolute Gasteiger partial charge is 0.462 e. The molecule has 10 heteroatoms. The number of hydrogen-bond donors (Lipinski definition) is 2. The number of aromatic nitrogens is 2. The summed E-state index contributed by atoms with van der Waals surface area (Å²) < 4.78 is 10.5. The highest BCUT2D eigenvalue weighted by atomic mass is 32.2. The molecule has 3 rings (SSSR count). The summed E-state index contributed by atoms with van der Waals surface area (Å²) in [4.78, 5) is 34.9. The minimum absolute atomic E-state index is 0.0722. The van der Waals surface area contributed by atoms with Crippen LogP contribution < -0.4 is 10.6 Å². The lowest BCUT2D eigenvalue weighted by molar-refractivity contribution is -0.114. The Kier molecular flexibility index (Phi) is 7.39. The molecular formula is C21H20N4O5S. The maximum absolute atomic E-state index is 12.2. The lowest BCUT2D eigenvalue weighted by atomic mass is 10.2. The van der Waals surface area contributed by atoms with E-state index in [0.717, 1.165) is 11.8 Å². The van der Waals surface area contributed by atoms with E-state index in [9.17, 15) is 14.4 Å². The molecule has 0 atom stereocenters. The zero-order valence-electron chi connectivity index (χ0n) is 16.9. The topological polar surface area (TPSA) is 123 Å². The Morgan fingerprint density at radius 1 is 0.968 bits per heavy atom. The Morgan fingerprint density at radius 2 is 1.61 bits per heavy atom. The normalized spacial score (nSPS) is 10.4. The second kappa shape index (κ2) is 10.4. The lowest BCUT2D eigenvalue weighted by Crippen LogP contribution is -2.14. The number of rotatable bonds is 8. The number of amides is 2. The first kappa shape index (κ1) is 22.0. The average Bonchev–Trinajstić information content (AvgIpc) is 3.22. The van der Waals surface area contributed by atoms with Gasteiger partial charge in [-0.3, -0.25) is 9.59 Å². The predicted molar refractivity (Wildman–Crippen MR) is 116 cm³/mol. The molecule has 2 N–H and O–H groups in total. The van der Waals surface area contributed by atoms with Crippen molar-refractivity contribution in [1.29, 1.82) is 0 Å². The fourth-order valence-corrected chi connectivity index (χ4v) is 3.08. The molecule has 1 heterocycles. The van der Waals surface area contributed by atoms with Crippen LogP contribution in [0.25, 0.3) is 11.5 Å². The summed E-state index contributed by atoms with van der Waals surface area (Å²) in [5.74, 6) is -0.437. The summed E-state index contributed by atoms with van der Waals surface area (Å²) in [6.07, 6.45) is 0. The maximum atomic E-state index is 12.2. The molecule has 2 amide bonds. The molecule has 0 aliphatic heterocycles. The molecule has 9 nitrogen and oxygen atoms in total. The van der Waals surface area contributed by atoms with Crippen LogP contribution in [-0.4, -0.2) is 40.3 Å². The lowest BCUT2D eigenvalue weighted by Gasteiger charge is -2.05. The van der Waals surface area contributed by atoms with Gasteiger partial charge in [-0.05, 0) is 55.5 Å². The van der Waals surface area contributed by atoms with E-state index in [-0.39, 0.29) is 22.8 Å². The molecule has 0 spiro atoms. The number of thioether (sulfide) groups is 1. The van der Waals surface area contributed by atoms with Gasteiger partial charge in [0.15, 0.2) is 0 Å². The average molecular weight is 440 g/mol. The summed E-state index contributed by atoms with van der Waals surface area (Å²) in [5.41, 5.74) is 2.33. The molecule has 31 heavy (non-hydrogen) atoms. The quantitative estimate of drug-likeness (QED) is 0.402. The van der Waals surface area contributed by atoms with Crippen LogP contribution in [0, 0.1) is 0 Å². The highest BCUT2D eigenvalue weighted by Gasteiger charge is 2.12. The van der Waals surface area contributed by atoms with E-state index in [1.54, 1.807) is 55.5 Å². The van der Waals surface area contributed by atoms with E-state index in [1.165, 1.54) is 6.92 Å². The number of esters is 1. The fraction of sp³-hybridized carbons (Fsp3) is 0.190. The summed E-state index contributed by atoms with van der Waals surface area (Å²) >= 11 is 1.11. The molecule has 0 saturated carbocycles. The van der Waals surface area contributed by atoms with Crippen LogP contribution in [0.5, 0.6) is 0 Å². The van der Waals surface area contributed by atoms with Crippen molar-refractivity contribution in [3.05, 3.63) is 54.1 Å². The molecular weight excluding hydrogens is 420 g/mol. The summed E-state index contributed by atoms with van der Waals surface area (Å²) in [6, 6.07) is 13.4. The number of nitrogens with one attached hydrogen (secondary N) is 2. The van der Waals surface area contributed by atoms with Crippen molar-refractivity contribution in [1.82, 2.24) is 10.2 Å².